The first-order chi connectivity index (χ1) is 7.20. The molecule has 0 unspecified atom stereocenters. The number of benzene rings is 1. The van der Waals surface area contributed by atoms with Gasteiger partial charge in [-0.25, -0.2) is 22.3 Å². The van der Waals surface area contributed by atoms with E-state index in [1.54, 1.807) is 6.07 Å². The van der Waals surface area contributed by atoms with Crippen molar-refractivity contribution in [2.24, 2.45) is 5.14 Å². The highest BCUT2D eigenvalue weighted by Crippen LogP contribution is 2.22. The Bertz CT molecular complexity index is 466. The zero-order valence-corrected chi connectivity index (χ0v) is 9.60. The number of hydrogen-bond acceptors (Lipinski definition) is 2. The van der Waals surface area contributed by atoms with Gasteiger partial charge in [0.25, 0.3) is 0 Å². The predicted molar refractivity (Wildman–Crippen MR) is 56.8 cm³/mol. The van der Waals surface area contributed by atoms with E-state index in [-0.39, 0.29) is 11.3 Å². The molecule has 6 heteroatoms. The summed E-state index contributed by atoms with van der Waals surface area (Å²) in [6.45, 7) is 0.798. The monoisotopic (exact) mass is 249 g/mol. The molecule has 0 radical (unpaired) electrons. The minimum atomic E-state index is -3.85. The van der Waals surface area contributed by atoms with Gasteiger partial charge in [0, 0.05) is 6.42 Å². The molecule has 0 saturated heterocycles. The molecule has 0 atom stereocenters. The van der Waals surface area contributed by atoms with Crippen LogP contribution in [0.25, 0.3) is 0 Å². The summed E-state index contributed by atoms with van der Waals surface area (Å²) in [5, 5.41) is 4.98. The van der Waals surface area contributed by atoms with Crippen LogP contribution in [0.4, 0.5) is 8.78 Å². The summed E-state index contributed by atoms with van der Waals surface area (Å²) in [7, 11) is -3.85. The molecule has 90 valence electrons. The van der Waals surface area contributed by atoms with Gasteiger partial charge in [-0.15, -0.1) is 0 Å². The van der Waals surface area contributed by atoms with Gasteiger partial charge in [-0.3, -0.25) is 0 Å². The third-order valence-electron chi connectivity index (χ3n) is 2.11. The number of hydrogen-bond donors (Lipinski definition) is 1. The zero-order chi connectivity index (χ0) is 12.4. The van der Waals surface area contributed by atoms with Crippen LogP contribution in [-0.2, 0) is 16.4 Å². The molecule has 0 bridgehead atoms. The Hall–Kier alpha value is -1.01. The molecule has 0 heterocycles. The summed E-state index contributed by atoms with van der Waals surface area (Å²) in [5.41, 5.74) is 0.325. The van der Waals surface area contributed by atoms with Crippen LogP contribution in [0.15, 0.2) is 29.2 Å². The molecule has 0 aliphatic carbocycles. The number of aryl methyl sites for hydroxylation is 1. The minimum Gasteiger partial charge on any atom is -0.225 e. The average molecular weight is 249 g/mol. The molecular formula is C10H13F2NO2S. The SMILES string of the molecule is CC(F)(F)CCc1ccccc1S(N)(=O)=O. The first-order valence-corrected chi connectivity index (χ1v) is 6.23. The lowest BCUT2D eigenvalue weighted by atomic mass is 10.1. The Morgan fingerprint density at radius 1 is 1.31 bits per heavy atom. The number of alkyl halides is 2. The third kappa shape index (κ3) is 3.86. The quantitative estimate of drug-likeness (QED) is 0.886. The van der Waals surface area contributed by atoms with Gasteiger partial charge >= 0.3 is 0 Å². The van der Waals surface area contributed by atoms with Crippen molar-refractivity contribution in [1.82, 2.24) is 0 Å². The van der Waals surface area contributed by atoms with E-state index in [2.05, 4.69) is 0 Å². The highest BCUT2D eigenvalue weighted by molar-refractivity contribution is 7.89. The molecule has 0 saturated carbocycles. The largest absolute Gasteiger partial charge is 0.245 e. The number of sulfonamides is 1. The Balaban J connectivity index is 2.97. The molecule has 1 aromatic rings. The molecular weight excluding hydrogens is 236 g/mol. The van der Waals surface area contributed by atoms with Gasteiger partial charge in [0.1, 0.15) is 0 Å². The number of rotatable bonds is 4. The fourth-order valence-electron chi connectivity index (χ4n) is 1.34. The van der Waals surface area contributed by atoms with Gasteiger partial charge in [-0.05, 0) is 25.0 Å². The smallest absolute Gasteiger partial charge is 0.225 e. The lowest BCUT2D eigenvalue weighted by Gasteiger charge is -2.11. The molecule has 1 aromatic carbocycles. The second kappa shape index (κ2) is 4.47. The van der Waals surface area contributed by atoms with E-state index in [0.717, 1.165) is 6.92 Å². The first kappa shape index (κ1) is 13.1. The second-order valence-corrected chi connectivity index (χ2v) is 5.25. The van der Waals surface area contributed by atoms with Crippen molar-refractivity contribution in [3.63, 3.8) is 0 Å². The standard InChI is InChI=1S/C10H13F2NO2S/c1-10(11,12)7-6-8-4-2-3-5-9(8)16(13,14)15/h2-5H,6-7H2,1H3,(H2,13,14,15). The van der Waals surface area contributed by atoms with Crippen molar-refractivity contribution >= 4 is 10.0 Å². The number of halogens is 2. The molecule has 3 nitrogen and oxygen atoms in total. The fraction of sp³-hybridized carbons (Fsp3) is 0.400. The van der Waals surface area contributed by atoms with Crippen LogP contribution in [0.2, 0.25) is 0 Å². The Kier molecular flexibility index (Phi) is 3.64. The van der Waals surface area contributed by atoms with Crippen molar-refractivity contribution < 1.29 is 17.2 Å². The van der Waals surface area contributed by atoms with Crippen molar-refractivity contribution in [1.29, 1.82) is 0 Å². The van der Waals surface area contributed by atoms with Crippen molar-refractivity contribution in [2.75, 3.05) is 0 Å². The fourth-order valence-corrected chi connectivity index (χ4v) is 2.15. The normalized spacial score (nSPS) is 12.8. The molecule has 0 aliphatic rings. The lowest BCUT2D eigenvalue weighted by Crippen LogP contribution is -2.16. The summed E-state index contributed by atoms with van der Waals surface area (Å²) >= 11 is 0. The highest BCUT2D eigenvalue weighted by Gasteiger charge is 2.22. The molecule has 1 rings (SSSR count). The third-order valence-corrected chi connectivity index (χ3v) is 3.12. The van der Waals surface area contributed by atoms with Crippen molar-refractivity contribution in [3.8, 4) is 0 Å². The van der Waals surface area contributed by atoms with Gasteiger partial charge in [0.15, 0.2) is 0 Å². The van der Waals surface area contributed by atoms with E-state index < -0.39 is 22.4 Å². The van der Waals surface area contributed by atoms with Crippen LogP contribution in [0.3, 0.4) is 0 Å². The highest BCUT2D eigenvalue weighted by atomic mass is 32.2. The van der Waals surface area contributed by atoms with Crippen molar-refractivity contribution in [3.05, 3.63) is 29.8 Å². The van der Waals surface area contributed by atoms with Crippen LogP contribution in [-0.4, -0.2) is 14.3 Å². The molecule has 0 fully saturated rings. The van der Waals surface area contributed by atoms with E-state index in [4.69, 9.17) is 5.14 Å². The van der Waals surface area contributed by atoms with E-state index in [9.17, 15) is 17.2 Å². The van der Waals surface area contributed by atoms with Crippen LogP contribution < -0.4 is 5.14 Å². The molecule has 16 heavy (non-hydrogen) atoms. The summed E-state index contributed by atoms with van der Waals surface area (Å²) in [6.07, 6.45) is -0.421. The molecule has 2 N–H and O–H groups in total. The average Bonchev–Trinajstić information content (AvgIpc) is 2.12. The second-order valence-electron chi connectivity index (χ2n) is 3.72. The summed E-state index contributed by atoms with van der Waals surface area (Å²) in [5.74, 6) is -2.81. The van der Waals surface area contributed by atoms with Gasteiger partial charge < -0.3 is 0 Å². The Morgan fingerprint density at radius 3 is 2.38 bits per heavy atom. The molecule has 0 spiro atoms. The maximum absolute atomic E-state index is 12.7. The minimum absolute atomic E-state index is 0.0178. The summed E-state index contributed by atoms with van der Waals surface area (Å²) in [6, 6.07) is 5.91. The van der Waals surface area contributed by atoms with E-state index in [1.807, 2.05) is 0 Å². The van der Waals surface area contributed by atoms with E-state index in [1.165, 1.54) is 18.2 Å². The summed E-state index contributed by atoms with van der Waals surface area (Å²) < 4.78 is 47.6. The van der Waals surface area contributed by atoms with Crippen LogP contribution in [0.1, 0.15) is 18.9 Å². The van der Waals surface area contributed by atoms with Gasteiger partial charge in [-0.2, -0.15) is 0 Å². The van der Waals surface area contributed by atoms with Crippen LogP contribution in [0.5, 0.6) is 0 Å². The Labute approximate surface area is 93.3 Å². The summed E-state index contributed by atoms with van der Waals surface area (Å²) in [4.78, 5) is -0.0840. The zero-order valence-electron chi connectivity index (χ0n) is 8.78. The van der Waals surface area contributed by atoms with Gasteiger partial charge in [0.05, 0.1) is 4.90 Å². The maximum atomic E-state index is 12.7. The van der Waals surface area contributed by atoms with E-state index >= 15 is 0 Å². The Morgan fingerprint density at radius 2 is 1.88 bits per heavy atom. The molecule has 0 aliphatic heterocycles. The first-order valence-electron chi connectivity index (χ1n) is 4.69. The van der Waals surface area contributed by atoms with Crippen LogP contribution >= 0.6 is 0 Å². The lowest BCUT2D eigenvalue weighted by molar-refractivity contribution is 0.0131. The number of nitrogens with two attached hydrogens (primary N) is 1. The maximum Gasteiger partial charge on any atom is 0.245 e. The molecule has 0 amide bonds. The topological polar surface area (TPSA) is 60.2 Å². The molecule has 0 aromatic heterocycles. The van der Waals surface area contributed by atoms with E-state index in [0.29, 0.717) is 5.56 Å². The van der Waals surface area contributed by atoms with Crippen LogP contribution in [0, 0.1) is 0 Å². The van der Waals surface area contributed by atoms with Gasteiger partial charge in [-0.1, -0.05) is 18.2 Å². The predicted octanol–water partition coefficient (Wildman–Crippen LogP) is 1.92. The van der Waals surface area contributed by atoms with Gasteiger partial charge in [0.2, 0.25) is 15.9 Å². The number of primary sulfonamides is 1. The van der Waals surface area contributed by atoms with Crippen molar-refractivity contribution in [2.45, 2.75) is 30.6 Å².